The van der Waals surface area contributed by atoms with Gasteiger partial charge >= 0.3 is 0 Å². The second-order valence-electron chi connectivity index (χ2n) is 6.65. The highest BCUT2D eigenvalue weighted by Crippen LogP contribution is 2.29. The Labute approximate surface area is 155 Å². The molecular weight excluding hydrogens is 344 g/mol. The monoisotopic (exact) mass is 362 g/mol. The average molecular weight is 362 g/mol. The molecule has 0 saturated carbocycles. The van der Waals surface area contributed by atoms with Crippen molar-refractivity contribution < 1.29 is 4.52 Å². The van der Waals surface area contributed by atoms with Crippen molar-refractivity contribution in [3.63, 3.8) is 0 Å². The van der Waals surface area contributed by atoms with Gasteiger partial charge in [-0.1, -0.05) is 35.5 Å². The zero-order chi connectivity index (χ0) is 17.3. The summed E-state index contributed by atoms with van der Waals surface area (Å²) in [6.07, 6.45) is 1.04. The van der Waals surface area contributed by atoms with E-state index in [-0.39, 0.29) is 0 Å². The minimum absolute atomic E-state index is 0.302. The Morgan fingerprint density at radius 2 is 2.04 bits per heavy atom. The van der Waals surface area contributed by atoms with Crippen LogP contribution in [0.5, 0.6) is 0 Å². The number of thiophene rings is 1. The van der Waals surface area contributed by atoms with Crippen LogP contribution in [0.2, 0.25) is 0 Å². The van der Waals surface area contributed by atoms with E-state index >= 15 is 0 Å². The molecule has 130 valence electrons. The van der Waals surface area contributed by atoms with Crippen molar-refractivity contribution >= 4 is 22.2 Å². The van der Waals surface area contributed by atoms with E-state index in [2.05, 4.69) is 39.3 Å². The van der Waals surface area contributed by atoms with Crippen molar-refractivity contribution in [3.8, 4) is 10.7 Å². The Morgan fingerprint density at radius 3 is 2.96 bits per heavy atom. The van der Waals surface area contributed by atoms with Crippen molar-refractivity contribution in [2.45, 2.75) is 18.9 Å². The van der Waals surface area contributed by atoms with Gasteiger partial charge in [0.05, 0.1) is 22.0 Å². The van der Waals surface area contributed by atoms with Crippen LogP contribution >= 0.6 is 11.3 Å². The fourth-order valence-corrected chi connectivity index (χ4v) is 4.16. The third-order valence-corrected chi connectivity index (χ3v) is 5.71. The van der Waals surface area contributed by atoms with Gasteiger partial charge in [-0.05, 0) is 36.5 Å². The third kappa shape index (κ3) is 3.02. The maximum absolute atomic E-state index is 5.53. The molecule has 0 N–H and O–H groups in total. The van der Waals surface area contributed by atoms with Crippen molar-refractivity contribution in [3.05, 3.63) is 65.5 Å². The average Bonchev–Trinajstić information content (AvgIpc) is 3.42. The second kappa shape index (κ2) is 6.63. The molecule has 0 aliphatic carbocycles. The van der Waals surface area contributed by atoms with Crippen LogP contribution in [0.25, 0.3) is 21.6 Å². The van der Waals surface area contributed by atoms with Crippen molar-refractivity contribution in [1.29, 1.82) is 0 Å². The quantitative estimate of drug-likeness (QED) is 0.541. The van der Waals surface area contributed by atoms with Crippen LogP contribution in [-0.2, 0) is 6.54 Å². The van der Waals surface area contributed by atoms with Gasteiger partial charge in [0.1, 0.15) is 0 Å². The van der Waals surface area contributed by atoms with Gasteiger partial charge in [0.2, 0.25) is 11.7 Å². The van der Waals surface area contributed by atoms with Gasteiger partial charge in [0, 0.05) is 18.5 Å². The van der Waals surface area contributed by atoms with Gasteiger partial charge < -0.3 is 4.52 Å². The first-order chi connectivity index (χ1) is 12.8. The fraction of sp³-hybridized carbons (Fsp3) is 0.250. The number of likely N-dealkylation sites (tertiary alicyclic amines) is 1. The Hall–Kier alpha value is -2.57. The highest BCUT2D eigenvalue weighted by Gasteiger charge is 2.28. The molecular formula is C20H18N4OS. The number of fused-ring (bicyclic) bond motifs is 1. The van der Waals surface area contributed by atoms with E-state index < -0.39 is 0 Å². The number of hydrogen-bond acceptors (Lipinski definition) is 6. The van der Waals surface area contributed by atoms with Crippen molar-refractivity contribution in [2.24, 2.45) is 0 Å². The van der Waals surface area contributed by atoms with Gasteiger partial charge in [-0.3, -0.25) is 9.88 Å². The molecule has 0 amide bonds. The van der Waals surface area contributed by atoms with E-state index in [0.29, 0.717) is 11.7 Å². The summed E-state index contributed by atoms with van der Waals surface area (Å²) in [6.45, 7) is 2.81. The molecule has 4 aromatic rings. The van der Waals surface area contributed by atoms with Gasteiger partial charge in [0.25, 0.3) is 0 Å². The zero-order valence-electron chi connectivity index (χ0n) is 14.2. The molecule has 6 heteroatoms. The molecule has 3 aromatic heterocycles. The topological polar surface area (TPSA) is 55.1 Å². The van der Waals surface area contributed by atoms with Crippen LogP contribution in [0.3, 0.4) is 0 Å². The largest absolute Gasteiger partial charge is 0.339 e. The van der Waals surface area contributed by atoms with E-state index in [9.17, 15) is 0 Å². The molecule has 5 nitrogen and oxygen atoms in total. The maximum atomic E-state index is 5.53. The minimum Gasteiger partial charge on any atom is -0.339 e. The van der Waals surface area contributed by atoms with E-state index in [1.54, 1.807) is 11.3 Å². The molecule has 0 bridgehead atoms. The van der Waals surface area contributed by atoms with E-state index in [1.807, 2.05) is 29.6 Å². The molecule has 1 saturated heterocycles. The molecule has 1 atom stereocenters. The fourth-order valence-electron chi connectivity index (χ4n) is 3.51. The SMILES string of the molecule is c1csc(-c2noc(C3CCN(Cc4ccc5ccccc5n4)C3)n2)c1. The standard InChI is InChI=1S/C20H18N4OS/c1-2-5-17-14(4-1)7-8-16(21-17)13-24-10-9-15(12-24)20-22-19(23-25-20)18-6-3-11-26-18/h1-8,11,15H,9-10,12-13H2. The van der Waals surface area contributed by atoms with Gasteiger partial charge in [-0.25, -0.2) is 0 Å². The Balaban J connectivity index is 1.28. The Morgan fingerprint density at radius 1 is 1.08 bits per heavy atom. The second-order valence-corrected chi connectivity index (χ2v) is 7.60. The van der Waals surface area contributed by atoms with E-state index in [4.69, 9.17) is 9.51 Å². The van der Waals surface area contributed by atoms with Crippen LogP contribution in [0.4, 0.5) is 0 Å². The summed E-state index contributed by atoms with van der Waals surface area (Å²) in [6, 6.07) is 16.5. The highest BCUT2D eigenvalue weighted by molar-refractivity contribution is 7.13. The number of hydrogen-bond donors (Lipinski definition) is 0. The number of pyridine rings is 1. The number of rotatable bonds is 4. The van der Waals surface area contributed by atoms with Crippen molar-refractivity contribution in [2.75, 3.05) is 13.1 Å². The number of benzene rings is 1. The summed E-state index contributed by atoms with van der Waals surface area (Å²) in [5.74, 6) is 1.75. The summed E-state index contributed by atoms with van der Waals surface area (Å²) >= 11 is 1.63. The van der Waals surface area contributed by atoms with Crippen LogP contribution in [0.15, 0.2) is 58.4 Å². The van der Waals surface area contributed by atoms with Gasteiger partial charge in [0.15, 0.2) is 0 Å². The summed E-state index contributed by atoms with van der Waals surface area (Å²) < 4.78 is 5.53. The summed E-state index contributed by atoms with van der Waals surface area (Å²) in [5, 5.41) is 7.35. The molecule has 4 heterocycles. The first-order valence-corrected chi connectivity index (χ1v) is 9.67. The third-order valence-electron chi connectivity index (χ3n) is 4.85. The predicted octanol–water partition coefficient (Wildman–Crippen LogP) is 4.34. The van der Waals surface area contributed by atoms with Crippen LogP contribution in [0, 0.1) is 0 Å². The van der Waals surface area contributed by atoms with Crippen LogP contribution in [0.1, 0.15) is 23.9 Å². The maximum Gasteiger partial charge on any atom is 0.231 e. The molecule has 0 spiro atoms. The smallest absolute Gasteiger partial charge is 0.231 e. The van der Waals surface area contributed by atoms with E-state index in [0.717, 1.165) is 48.0 Å². The molecule has 0 radical (unpaired) electrons. The first-order valence-electron chi connectivity index (χ1n) is 8.80. The van der Waals surface area contributed by atoms with E-state index in [1.165, 1.54) is 5.39 Å². The predicted molar refractivity (Wildman–Crippen MR) is 102 cm³/mol. The molecule has 26 heavy (non-hydrogen) atoms. The summed E-state index contributed by atoms with van der Waals surface area (Å²) in [4.78, 5) is 12.9. The molecule has 1 aliphatic rings. The lowest BCUT2D eigenvalue weighted by molar-refractivity contribution is 0.306. The lowest BCUT2D eigenvalue weighted by Gasteiger charge is -2.14. The molecule has 1 aliphatic heterocycles. The minimum atomic E-state index is 0.302. The normalized spacial score (nSPS) is 17.9. The number of aromatic nitrogens is 3. The zero-order valence-corrected chi connectivity index (χ0v) is 15.0. The van der Waals surface area contributed by atoms with Gasteiger partial charge in [-0.15, -0.1) is 11.3 Å². The lowest BCUT2D eigenvalue weighted by atomic mass is 10.1. The number of para-hydroxylation sites is 1. The van der Waals surface area contributed by atoms with Crippen molar-refractivity contribution in [1.82, 2.24) is 20.0 Å². The van der Waals surface area contributed by atoms with Crippen LogP contribution < -0.4 is 0 Å². The summed E-state index contributed by atoms with van der Waals surface area (Å²) in [5.41, 5.74) is 2.16. The molecule has 1 fully saturated rings. The van der Waals surface area contributed by atoms with Crippen LogP contribution in [-0.4, -0.2) is 33.1 Å². The Bertz CT molecular complexity index is 1030. The number of nitrogens with zero attached hydrogens (tertiary/aromatic N) is 4. The molecule has 1 aromatic carbocycles. The highest BCUT2D eigenvalue weighted by atomic mass is 32.1. The Kier molecular flexibility index (Phi) is 3.99. The van der Waals surface area contributed by atoms with Gasteiger partial charge in [-0.2, -0.15) is 4.98 Å². The first kappa shape index (κ1) is 15.7. The molecule has 5 rings (SSSR count). The summed E-state index contributed by atoms with van der Waals surface area (Å²) in [7, 11) is 0. The molecule has 1 unspecified atom stereocenters. The lowest BCUT2D eigenvalue weighted by Crippen LogP contribution is -2.20.